The van der Waals surface area contributed by atoms with Crippen molar-refractivity contribution in [1.29, 1.82) is 0 Å². The van der Waals surface area contributed by atoms with Crippen LogP contribution in [-0.4, -0.2) is 86.0 Å². The van der Waals surface area contributed by atoms with Gasteiger partial charge in [0.1, 0.15) is 26.4 Å². The number of benzene rings is 5. The third kappa shape index (κ3) is 24.4. The lowest BCUT2D eigenvalue weighted by atomic mass is 10.1. The Labute approximate surface area is 438 Å². The number of ether oxygens (including phenoxy) is 5. The van der Waals surface area contributed by atoms with E-state index >= 15 is 0 Å². The van der Waals surface area contributed by atoms with Crippen LogP contribution in [0.15, 0.2) is 157 Å². The van der Waals surface area contributed by atoms with Gasteiger partial charge in [-0.1, -0.05) is 165 Å². The molecule has 0 heterocycles. The molecule has 2 atom stereocenters. The summed E-state index contributed by atoms with van der Waals surface area (Å²) in [5, 5.41) is 13.3. The van der Waals surface area contributed by atoms with Crippen molar-refractivity contribution in [1.82, 2.24) is 31.5 Å². The molecule has 0 aliphatic carbocycles. The van der Waals surface area contributed by atoms with Gasteiger partial charge in [-0.05, 0) is 66.8 Å². The molecule has 5 aromatic rings. The summed E-state index contributed by atoms with van der Waals surface area (Å²) >= 11 is 0. The van der Waals surface area contributed by atoms with Crippen molar-refractivity contribution in [3.8, 4) is 0 Å². The normalized spacial score (nSPS) is 11.4. The van der Waals surface area contributed by atoms with Gasteiger partial charge >= 0.3 is 24.4 Å². The minimum atomic E-state index is -1.28. The highest BCUT2D eigenvalue weighted by molar-refractivity contribution is 6.01. The van der Waals surface area contributed by atoms with Gasteiger partial charge in [-0.15, -0.1) is 0 Å². The highest BCUT2D eigenvalue weighted by Gasteiger charge is 2.25. The summed E-state index contributed by atoms with van der Waals surface area (Å²) in [6.07, 6.45) is -0.449. The van der Waals surface area contributed by atoms with E-state index in [-0.39, 0.29) is 64.3 Å². The predicted molar refractivity (Wildman–Crippen MR) is 282 cm³/mol. The highest BCUT2D eigenvalue weighted by atomic mass is 16.6. The monoisotopic (exact) mass is 1030 g/mol. The minimum absolute atomic E-state index is 0.0194. The molecule has 1 unspecified atom stereocenters. The van der Waals surface area contributed by atoms with E-state index in [4.69, 9.17) is 23.7 Å². The molecule has 6 amide bonds. The lowest BCUT2D eigenvalue weighted by molar-refractivity contribution is -0.145. The number of nitrogens with zero attached hydrogens (tertiary/aromatic N) is 2. The van der Waals surface area contributed by atoms with Crippen molar-refractivity contribution in [3.63, 3.8) is 0 Å². The van der Waals surface area contributed by atoms with Crippen LogP contribution in [-0.2, 0) is 59.7 Å². The topological polar surface area (TPSA) is 224 Å². The van der Waals surface area contributed by atoms with Crippen LogP contribution < -0.4 is 26.6 Å². The number of rotatable bonds is 29. The standard InChI is InChI=1S/C57H69N7O11/c1-44(49-32-17-8-18-33-49)75-52(51(66)58-35-21-22-38-64(57(70)74-43-48-30-15-7-16-31-48)39-23-37-60-54(67)71-40-45-24-9-4-10-25-45)61-50(65)34-19-2-3-20-36-59-53(62-55(68)72-41-46-26-11-5-12-27-46)63-56(69)73-42-47-28-13-6-14-29-47/h4-18,24-33,44,52H,2-3,19-23,34-43H2,1H3,(H,58,66)(H,60,67)(H,61,65)(H2,59,62,63,68,69)/t44-,52?/m1/s1. The zero-order chi connectivity index (χ0) is 53.1. The largest absolute Gasteiger partial charge is 0.445 e. The van der Waals surface area contributed by atoms with Crippen molar-refractivity contribution in [3.05, 3.63) is 179 Å². The minimum Gasteiger partial charge on any atom is -0.445 e. The second-order valence-corrected chi connectivity index (χ2v) is 17.3. The first kappa shape index (κ1) is 57.6. The summed E-state index contributed by atoms with van der Waals surface area (Å²) in [6, 6.07) is 46.4. The Morgan fingerprint density at radius 3 is 1.48 bits per heavy atom. The SMILES string of the molecule is C[C@@H](OC(NC(=O)CCCCCCN=C(NC(=O)OCc1ccccc1)NC(=O)OCc1ccccc1)C(=O)NCCCCN(CCCNC(=O)OCc1ccccc1)C(=O)OCc1ccccc1)c1ccccc1. The molecule has 0 aliphatic rings. The number of guanidine groups is 1. The van der Waals surface area contributed by atoms with Crippen molar-refractivity contribution < 1.29 is 52.5 Å². The Kier molecular flexibility index (Phi) is 26.3. The van der Waals surface area contributed by atoms with Crippen molar-refractivity contribution >= 4 is 42.1 Å². The fourth-order valence-electron chi connectivity index (χ4n) is 7.22. The Morgan fingerprint density at radius 1 is 0.493 bits per heavy atom. The third-order valence-electron chi connectivity index (χ3n) is 11.3. The van der Waals surface area contributed by atoms with Gasteiger partial charge in [-0.2, -0.15) is 0 Å². The Hall–Kier alpha value is -8.25. The van der Waals surface area contributed by atoms with E-state index in [1.807, 2.05) is 152 Å². The first-order chi connectivity index (χ1) is 36.6. The van der Waals surface area contributed by atoms with E-state index in [0.717, 1.165) is 27.8 Å². The molecule has 0 saturated heterocycles. The van der Waals surface area contributed by atoms with E-state index in [1.165, 1.54) is 0 Å². The van der Waals surface area contributed by atoms with Crippen molar-refractivity contribution in [2.45, 2.75) is 97.0 Å². The van der Waals surface area contributed by atoms with E-state index in [2.05, 4.69) is 31.6 Å². The Bertz CT molecular complexity index is 2430. The molecule has 0 aliphatic heterocycles. The first-order valence-electron chi connectivity index (χ1n) is 25.3. The molecular weight excluding hydrogens is 959 g/mol. The summed E-state index contributed by atoms with van der Waals surface area (Å²) in [6.45, 7) is 3.49. The average molecular weight is 1030 g/mol. The molecule has 75 heavy (non-hydrogen) atoms. The van der Waals surface area contributed by atoms with Crippen LogP contribution in [0.4, 0.5) is 19.2 Å². The van der Waals surface area contributed by atoms with E-state index in [1.54, 1.807) is 11.8 Å². The Balaban J connectivity index is 1.06. The van der Waals surface area contributed by atoms with Crippen LogP contribution >= 0.6 is 0 Å². The number of carbonyl (C=O) groups excluding carboxylic acids is 6. The van der Waals surface area contributed by atoms with E-state index < -0.39 is 42.6 Å². The van der Waals surface area contributed by atoms with Crippen molar-refractivity contribution in [2.24, 2.45) is 4.99 Å². The van der Waals surface area contributed by atoms with Gasteiger partial charge in [-0.25, -0.2) is 19.2 Å². The van der Waals surface area contributed by atoms with Crippen LogP contribution in [0.2, 0.25) is 0 Å². The fraction of sp³-hybridized carbons (Fsp3) is 0.351. The molecule has 18 heteroatoms. The molecule has 398 valence electrons. The molecule has 0 spiro atoms. The van der Waals surface area contributed by atoms with Crippen LogP contribution in [0.3, 0.4) is 0 Å². The smallest absolute Gasteiger partial charge is 0.414 e. The maximum atomic E-state index is 13.6. The molecule has 5 aromatic carbocycles. The number of hydrogen-bond donors (Lipinski definition) is 5. The zero-order valence-electron chi connectivity index (χ0n) is 42.5. The number of amides is 6. The quantitative estimate of drug-likeness (QED) is 0.00998. The van der Waals surface area contributed by atoms with Crippen molar-refractivity contribution in [2.75, 3.05) is 32.7 Å². The summed E-state index contributed by atoms with van der Waals surface area (Å²) < 4.78 is 27.7. The molecule has 0 radical (unpaired) electrons. The lowest BCUT2D eigenvalue weighted by Crippen LogP contribution is -2.49. The van der Waals surface area contributed by atoms with Gasteiger partial charge in [0.2, 0.25) is 18.1 Å². The summed E-state index contributed by atoms with van der Waals surface area (Å²) in [4.78, 5) is 83.6. The molecule has 5 rings (SSSR count). The molecule has 5 N–H and O–H groups in total. The average Bonchev–Trinajstić information content (AvgIpc) is 3.44. The second-order valence-electron chi connectivity index (χ2n) is 17.3. The van der Waals surface area contributed by atoms with Gasteiger partial charge < -0.3 is 44.5 Å². The summed E-state index contributed by atoms with van der Waals surface area (Å²) in [5.41, 5.74) is 4.12. The molecule has 18 nitrogen and oxygen atoms in total. The number of aliphatic imine (C=N–C) groups is 1. The van der Waals surface area contributed by atoms with Gasteiger partial charge in [-0.3, -0.25) is 25.2 Å². The number of nitrogens with one attached hydrogen (secondary N) is 5. The molecule has 0 saturated carbocycles. The number of hydrogen-bond acceptors (Lipinski definition) is 12. The van der Waals surface area contributed by atoms with Gasteiger partial charge in [0, 0.05) is 39.1 Å². The zero-order valence-corrected chi connectivity index (χ0v) is 42.5. The number of alkyl carbamates (subject to hydrolysis) is 3. The van der Waals surface area contributed by atoms with Gasteiger partial charge in [0.25, 0.3) is 5.91 Å². The molecular formula is C57H69N7O11. The maximum Gasteiger partial charge on any atom is 0.414 e. The van der Waals surface area contributed by atoms with Crippen LogP contribution in [0.5, 0.6) is 0 Å². The Morgan fingerprint density at radius 2 is 0.947 bits per heavy atom. The first-order valence-corrected chi connectivity index (χ1v) is 25.3. The van der Waals surface area contributed by atoms with E-state index in [9.17, 15) is 28.8 Å². The van der Waals surface area contributed by atoms with Crippen LogP contribution in [0.25, 0.3) is 0 Å². The summed E-state index contributed by atoms with van der Waals surface area (Å²) in [5.74, 6) is -1.00. The van der Waals surface area contributed by atoms with Gasteiger partial charge in [0.15, 0.2) is 0 Å². The molecule has 0 fully saturated rings. The predicted octanol–water partition coefficient (Wildman–Crippen LogP) is 9.22. The molecule has 0 bridgehead atoms. The highest BCUT2D eigenvalue weighted by Crippen LogP contribution is 2.18. The van der Waals surface area contributed by atoms with Gasteiger partial charge in [0.05, 0.1) is 6.10 Å². The van der Waals surface area contributed by atoms with Crippen LogP contribution in [0, 0.1) is 0 Å². The summed E-state index contributed by atoms with van der Waals surface area (Å²) in [7, 11) is 0. The fourth-order valence-corrected chi connectivity index (χ4v) is 7.22. The molecule has 0 aromatic heterocycles. The maximum absolute atomic E-state index is 13.6. The van der Waals surface area contributed by atoms with E-state index in [0.29, 0.717) is 58.0 Å². The second kappa shape index (κ2) is 34.2. The number of unbranched alkanes of at least 4 members (excludes halogenated alkanes) is 4. The lowest BCUT2D eigenvalue weighted by Gasteiger charge is -2.24. The number of carbonyl (C=O) groups is 6. The third-order valence-corrected chi connectivity index (χ3v) is 11.3. The van der Waals surface area contributed by atoms with Crippen LogP contribution in [0.1, 0.15) is 92.2 Å².